The highest BCUT2D eigenvalue weighted by molar-refractivity contribution is 5.82. The number of amides is 1. The Bertz CT molecular complexity index is 553. The monoisotopic (exact) mass is 252 g/mol. The number of carbonyl (C=O) groups is 1. The first kappa shape index (κ1) is 11.9. The summed E-state index contributed by atoms with van der Waals surface area (Å²) in [5.41, 5.74) is 2.16. The lowest BCUT2D eigenvalue weighted by molar-refractivity contribution is -0.122. The molecule has 0 bridgehead atoms. The Morgan fingerprint density at radius 3 is 2.68 bits per heavy atom. The van der Waals surface area contributed by atoms with Crippen LogP contribution >= 0.6 is 0 Å². The Balaban J connectivity index is 1.53. The van der Waals surface area contributed by atoms with Gasteiger partial charge in [-0.25, -0.2) is 0 Å². The van der Waals surface area contributed by atoms with Gasteiger partial charge in [-0.3, -0.25) is 9.78 Å². The van der Waals surface area contributed by atoms with Gasteiger partial charge in [0.25, 0.3) is 0 Å². The van der Waals surface area contributed by atoms with Crippen molar-refractivity contribution in [2.24, 2.45) is 5.92 Å². The molecule has 2 atom stereocenters. The minimum absolute atomic E-state index is 0.131. The van der Waals surface area contributed by atoms with Crippen LogP contribution < -0.4 is 5.32 Å². The van der Waals surface area contributed by atoms with Gasteiger partial charge in [0.15, 0.2) is 0 Å². The molecule has 1 fully saturated rings. The number of carbonyl (C=O) groups excluding carboxylic acids is 1. The molecule has 0 aliphatic heterocycles. The lowest BCUT2D eigenvalue weighted by atomic mass is 10.1. The summed E-state index contributed by atoms with van der Waals surface area (Å²) in [4.78, 5) is 16.2. The van der Waals surface area contributed by atoms with E-state index in [2.05, 4.69) is 22.4 Å². The van der Waals surface area contributed by atoms with Gasteiger partial charge in [0.2, 0.25) is 5.91 Å². The second-order valence-electron chi connectivity index (χ2n) is 4.90. The van der Waals surface area contributed by atoms with Crippen molar-refractivity contribution >= 4 is 5.91 Å². The van der Waals surface area contributed by atoms with Crippen molar-refractivity contribution in [3.05, 3.63) is 66.0 Å². The molecule has 0 saturated heterocycles. The van der Waals surface area contributed by atoms with Crippen molar-refractivity contribution in [1.29, 1.82) is 0 Å². The van der Waals surface area contributed by atoms with Crippen LogP contribution in [0.5, 0.6) is 0 Å². The quantitative estimate of drug-likeness (QED) is 0.908. The number of benzene rings is 1. The number of hydrogen-bond acceptors (Lipinski definition) is 2. The molecule has 0 spiro atoms. The van der Waals surface area contributed by atoms with E-state index < -0.39 is 0 Å². The van der Waals surface area contributed by atoms with Crippen molar-refractivity contribution in [2.45, 2.75) is 18.9 Å². The number of rotatable bonds is 4. The molecule has 3 rings (SSSR count). The largest absolute Gasteiger partial charge is 0.350 e. The molecule has 19 heavy (non-hydrogen) atoms. The van der Waals surface area contributed by atoms with Gasteiger partial charge in [0.05, 0.1) is 12.2 Å². The minimum atomic E-state index is 0.131. The average molecular weight is 252 g/mol. The van der Waals surface area contributed by atoms with Gasteiger partial charge in [-0.2, -0.15) is 0 Å². The fraction of sp³-hybridized carbons (Fsp3) is 0.250. The zero-order valence-corrected chi connectivity index (χ0v) is 10.6. The summed E-state index contributed by atoms with van der Waals surface area (Å²) < 4.78 is 0. The molecule has 1 saturated carbocycles. The Morgan fingerprint density at radius 1 is 1.16 bits per heavy atom. The van der Waals surface area contributed by atoms with E-state index in [1.165, 1.54) is 5.56 Å². The summed E-state index contributed by atoms with van der Waals surface area (Å²) in [7, 11) is 0. The molecule has 1 amide bonds. The summed E-state index contributed by atoms with van der Waals surface area (Å²) in [6.45, 7) is 0.512. The first-order chi connectivity index (χ1) is 9.34. The van der Waals surface area contributed by atoms with Crippen LogP contribution in [0.15, 0.2) is 54.7 Å². The van der Waals surface area contributed by atoms with E-state index in [0.29, 0.717) is 12.5 Å². The van der Waals surface area contributed by atoms with E-state index in [9.17, 15) is 4.79 Å². The van der Waals surface area contributed by atoms with Crippen LogP contribution in [0.4, 0.5) is 0 Å². The molecule has 0 unspecified atom stereocenters. The minimum Gasteiger partial charge on any atom is -0.350 e. The standard InChI is InChI=1S/C16H16N2O/c19-16(18-11-13-8-4-5-9-17-13)15-10-14(15)12-6-2-1-3-7-12/h1-9,14-15H,10-11H2,(H,18,19)/t14-,15-/m0/s1. The molecule has 3 nitrogen and oxygen atoms in total. The smallest absolute Gasteiger partial charge is 0.224 e. The Labute approximate surface area is 112 Å². The Kier molecular flexibility index (Phi) is 3.27. The molecule has 1 aromatic heterocycles. The summed E-state index contributed by atoms with van der Waals surface area (Å²) >= 11 is 0. The molecule has 1 aliphatic carbocycles. The maximum atomic E-state index is 12.0. The van der Waals surface area contributed by atoms with Crippen LogP contribution in [0.1, 0.15) is 23.6 Å². The number of nitrogens with zero attached hydrogens (tertiary/aromatic N) is 1. The van der Waals surface area contributed by atoms with Crippen molar-refractivity contribution in [2.75, 3.05) is 0 Å². The fourth-order valence-electron chi connectivity index (χ4n) is 2.36. The summed E-state index contributed by atoms with van der Waals surface area (Å²) in [6.07, 6.45) is 2.70. The Hall–Kier alpha value is -2.16. The normalized spacial score (nSPS) is 20.8. The van der Waals surface area contributed by atoms with Gasteiger partial charge in [-0.15, -0.1) is 0 Å². The van der Waals surface area contributed by atoms with E-state index in [1.807, 2.05) is 36.4 Å². The highest BCUT2D eigenvalue weighted by Crippen LogP contribution is 2.47. The van der Waals surface area contributed by atoms with Crippen LogP contribution in [0.2, 0.25) is 0 Å². The summed E-state index contributed by atoms with van der Waals surface area (Å²) in [5.74, 6) is 0.663. The predicted molar refractivity (Wildman–Crippen MR) is 73.4 cm³/mol. The third-order valence-corrected chi connectivity index (χ3v) is 3.52. The fourth-order valence-corrected chi connectivity index (χ4v) is 2.36. The maximum Gasteiger partial charge on any atom is 0.224 e. The molecule has 0 radical (unpaired) electrons. The van der Waals surface area contributed by atoms with Crippen molar-refractivity contribution < 1.29 is 4.79 Å². The van der Waals surface area contributed by atoms with Crippen molar-refractivity contribution in [3.63, 3.8) is 0 Å². The summed E-state index contributed by atoms with van der Waals surface area (Å²) in [5, 5.41) is 2.96. The molecule has 2 aromatic rings. The van der Waals surface area contributed by atoms with E-state index >= 15 is 0 Å². The highest BCUT2D eigenvalue weighted by atomic mass is 16.2. The Morgan fingerprint density at radius 2 is 1.95 bits per heavy atom. The molecule has 3 heteroatoms. The predicted octanol–water partition coefficient (Wildman–Crippen LogP) is 2.50. The molecule has 1 heterocycles. The average Bonchev–Trinajstić information content (AvgIpc) is 3.27. The first-order valence-corrected chi connectivity index (χ1v) is 6.57. The lowest BCUT2D eigenvalue weighted by Gasteiger charge is -2.04. The molecule has 1 N–H and O–H groups in total. The summed E-state index contributed by atoms with van der Waals surface area (Å²) in [6, 6.07) is 16.0. The zero-order valence-electron chi connectivity index (χ0n) is 10.6. The van der Waals surface area contributed by atoms with Crippen molar-refractivity contribution in [1.82, 2.24) is 10.3 Å². The molecule has 96 valence electrons. The molecular weight excluding hydrogens is 236 g/mol. The molecular formula is C16H16N2O. The van der Waals surface area contributed by atoms with Crippen LogP contribution in [0, 0.1) is 5.92 Å². The van der Waals surface area contributed by atoms with E-state index in [0.717, 1.165) is 12.1 Å². The van der Waals surface area contributed by atoms with Gasteiger partial charge in [-0.1, -0.05) is 36.4 Å². The topological polar surface area (TPSA) is 42.0 Å². The van der Waals surface area contributed by atoms with E-state index in [-0.39, 0.29) is 11.8 Å². The molecule has 1 aromatic carbocycles. The lowest BCUT2D eigenvalue weighted by Crippen LogP contribution is -2.25. The van der Waals surface area contributed by atoms with Gasteiger partial charge >= 0.3 is 0 Å². The second-order valence-corrected chi connectivity index (χ2v) is 4.90. The third-order valence-electron chi connectivity index (χ3n) is 3.52. The van der Waals surface area contributed by atoms with Crippen molar-refractivity contribution in [3.8, 4) is 0 Å². The van der Waals surface area contributed by atoms with Crippen LogP contribution in [0.25, 0.3) is 0 Å². The maximum absolute atomic E-state index is 12.0. The van der Waals surface area contributed by atoms with Crippen LogP contribution in [-0.4, -0.2) is 10.9 Å². The second kappa shape index (κ2) is 5.22. The number of nitrogens with one attached hydrogen (secondary N) is 1. The SMILES string of the molecule is O=C(NCc1ccccn1)[C@H]1C[C@H]1c1ccccc1. The van der Waals surface area contributed by atoms with Crippen LogP contribution in [-0.2, 0) is 11.3 Å². The van der Waals surface area contributed by atoms with Gasteiger partial charge < -0.3 is 5.32 Å². The third kappa shape index (κ3) is 2.81. The number of pyridine rings is 1. The van der Waals surface area contributed by atoms with E-state index in [4.69, 9.17) is 0 Å². The number of aromatic nitrogens is 1. The van der Waals surface area contributed by atoms with Gasteiger partial charge in [0, 0.05) is 12.1 Å². The number of hydrogen-bond donors (Lipinski definition) is 1. The zero-order chi connectivity index (χ0) is 13.1. The van der Waals surface area contributed by atoms with E-state index in [1.54, 1.807) is 6.20 Å². The van der Waals surface area contributed by atoms with Crippen LogP contribution in [0.3, 0.4) is 0 Å². The van der Waals surface area contributed by atoms with Gasteiger partial charge in [0.1, 0.15) is 0 Å². The first-order valence-electron chi connectivity index (χ1n) is 6.57. The van der Waals surface area contributed by atoms with Gasteiger partial charge in [-0.05, 0) is 30.0 Å². The highest BCUT2D eigenvalue weighted by Gasteiger charge is 2.43. The molecule has 1 aliphatic rings.